The number of rotatable bonds is 6. The van der Waals surface area contributed by atoms with Gasteiger partial charge in [0.2, 0.25) is 5.13 Å². The van der Waals surface area contributed by atoms with Crippen molar-refractivity contribution in [2.75, 3.05) is 11.9 Å². The predicted molar refractivity (Wildman–Crippen MR) is 112 cm³/mol. The van der Waals surface area contributed by atoms with E-state index in [-0.39, 0.29) is 6.04 Å². The zero-order chi connectivity index (χ0) is 21.1. The molecule has 0 amide bonds. The first-order valence-corrected chi connectivity index (χ1v) is 10.0. The number of hydrogen-bond donors (Lipinski definition) is 2. The molecule has 1 atom stereocenters. The monoisotopic (exact) mass is 429 g/mol. The number of fused-ring (bicyclic) bond motifs is 1. The fourth-order valence-electron chi connectivity index (χ4n) is 3.10. The molecule has 2 aromatic heterocycles. The van der Waals surface area contributed by atoms with E-state index in [4.69, 9.17) is 5.73 Å². The normalized spacial score (nSPS) is 12.8. The Labute approximate surface area is 174 Å². The van der Waals surface area contributed by atoms with Gasteiger partial charge in [0.05, 0.1) is 5.56 Å². The van der Waals surface area contributed by atoms with Gasteiger partial charge in [-0.25, -0.2) is 0 Å². The van der Waals surface area contributed by atoms with Crippen LogP contribution in [0.3, 0.4) is 0 Å². The van der Waals surface area contributed by atoms with Gasteiger partial charge in [-0.3, -0.25) is 4.98 Å². The summed E-state index contributed by atoms with van der Waals surface area (Å²) in [5.74, 6) is 0. The van der Waals surface area contributed by atoms with Crippen molar-refractivity contribution < 1.29 is 13.2 Å². The highest BCUT2D eigenvalue weighted by atomic mass is 32.1. The van der Waals surface area contributed by atoms with Crippen molar-refractivity contribution in [1.29, 1.82) is 0 Å². The van der Waals surface area contributed by atoms with Crippen LogP contribution in [0.25, 0.3) is 21.3 Å². The fraction of sp³-hybridized carbons (Fsp3) is 0.190. The molecule has 0 bridgehead atoms. The molecule has 0 aliphatic heterocycles. The third-order valence-electron chi connectivity index (χ3n) is 4.58. The Bertz CT molecular complexity index is 1160. The summed E-state index contributed by atoms with van der Waals surface area (Å²) in [5, 5.41) is 15.0. The molecule has 0 saturated carbocycles. The lowest BCUT2D eigenvalue weighted by molar-refractivity contribution is -0.137. The van der Waals surface area contributed by atoms with E-state index in [1.54, 1.807) is 18.5 Å². The van der Waals surface area contributed by atoms with E-state index < -0.39 is 11.7 Å². The summed E-state index contributed by atoms with van der Waals surface area (Å²) in [6.45, 7) is 0.369. The van der Waals surface area contributed by atoms with Crippen LogP contribution in [0.15, 0.2) is 60.9 Å². The molecule has 2 aromatic carbocycles. The van der Waals surface area contributed by atoms with E-state index in [1.807, 2.05) is 24.3 Å². The number of pyridine rings is 1. The SMILES string of the molecule is N[C@H](CNc1nnc(-c2ccc3cnccc3c2)s1)Cc1cccc(C(F)(F)F)c1. The number of hydrogen-bond acceptors (Lipinski definition) is 6. The van der Waals surface area contributed by atoms with Crippen LogP contribution in [-0.4, -0.2) is 27.8 Å². The second-order valence-electron chi connectivity index (χ2n) is 6.89. The van der Waals surface area contributed by atoms with Crippen LogP contribution in [0.2, 0.25) is 0 Å². The van der Waals surface area contributed by atoms with Crippen molar-refractivity contribution in [2.24, 2.45) is 5.73 Å². The first-order chi connectivity index (χ1) is 14.4. The largest absolute Gasteiger partial charge is 0.416 e. The second kappa shape index (κ2) is 8.37. The Morgan fingerprint density at radius 2 is 1.90 bits per heavy atom. The van der Waals surface area contributed by atoms with Gasteiger partial charge in [0.1, 0.15) is 5.01 Å². The van der Waals surface area contributed by atoms with Gasteiger partial charge in [-0.2, -0.15) is 13.2 Å². The van der Waals surface area contributed by atoms with Gasteiger partial charge in [-0.1, -0.05) is 41.7 Å². The van der Waals surface area contributed by atoms with Crippen LogP contribution in [-0.2, 0) is 12.6 Å². The average molecular weight is 429 g/mol. The van der Waals surface area contributed by atoms with E-state index in [1.165, 1.54) is 17.4 Å². The molecule has 3 N–H and O–H groups in total. The Morgan fingerprint density at radius 1 is 1.03 bits per heavy atom. The van der Waals surface area contributed by atoms with Crippen molar-refractivity contribution in [2.45, 2.75) is 18.6 Å². The number of aromatic nitrogens is 3. The van der Waals surface area contributed by atoms with Gasteiger partial charge in [-0.05, 0) is 35.6 Å². The molecule has 0 radical (unpaired) electrons. The molecule has 0 aliphatic carbocycles. The Kier molecular flexibility index (Phi) is 5.65. The molecule has 0 aliphatic rings. The fourth-order valence-corrected chi connectivity index (χ4v) is 3.84. The van der Waals surface area contributed by atoms with Crippen molar-refractivity contribution in [1.82, 2.24) is 15.2 Å². The summed E-state index contributed by atoms with van der Waals surface area (Å²) in [5.41, 5.74) is 6.93. The number of halogens is 3. The highest BCUT2D eigenvalue weighted by molar-refractivity contribution is 7.18. The highest BCUT2D eigenvalue weighted by Gasteiger charge is 2.30. The van der Waals surface area contributed by atoms with Crippen LogP contribution < -0.4 is 11.1 Å². The Balaban J connectivity index is 1.38. The number of nitrogens with one attached hydrogen (secondary N) is 1. The predicted octanol–water partition coefficient (Wildman–Crippen LogP) is 4.75. The topological polar surface area (TPSA) is 76.7 Å². The minimum absolute atomic E-state index is 0.321. The number of nitrogens with two attached hydrogens (primary N) is 1. The van der Waals surface area contributed by atoms with E-state index in [2.05, 4.69) is 20.5 Å². The summed E-state index contributed by atoms with van der Waals surface area (Å²) >= 11 is 1.40. The zero-order valence-electron chi connectivity index (χ0n) is 15.7. The van der Waals surface area contributed by atoms with Crippen LogP contribution in [0, 0.1) is 0 Å². The maximum Gasteiger partial charge on any atom is 0.416 e. The van der Waals surface area contributed by atoms with E-state index in [9.17, 15) is 13.2 Å². The van der Waals surface area contributed by atoms with Crippen molar-refractivity contribution >= 4 is 27.2 Å². The first-order valence-electron chi connectivity index (χ1n) is 9.22. The molecule has 0 fully saturated rings. The van der Waals surface area contributed by atoms with Crippen molar-refractivity contribution in [3.63, 3.8) is 0 Å². The maximum absolute atomic E-state index is 12.8. The molecule has 5 nitrogen and oxygen atoms in total. The molecule has 0 spiro atoms. The number of anilines is 1. The summed E-state index contributed by atoms with van der Waals surface area (Å²) in [6.07, 6.45) is -0.495. The first kappa shape index (κ1) is 20.2. The molecule has 0 unspecified atom stereocenters. The second-order valence-corrected chi connectivity index (χ2v) is 7.87. The highest BCUT2D eigenvalue weighted by Crippen LogP contribution is 2.30. The van der Waals surface area contributed by atoms with E-state index in [0.29, 0.717) is 23.7 Å². The van der Waals surface area contributed by atoms with Gasteiger partial charge in [-0.15, -0.1) is 10.2 Å². The van der Waals surface area contributed by atoms with Crippen molar-refractivity contribution in [3.05, 3.63) is 72.1 Å². The minimum Gasteiger partial charge on any atom is -0.359 e. The van der Waals surface area contributed by atoms with Gasteiger partial charge in [0.25, 0.3) is 0 Å². The lowest BCUT2D eigenvalue weighted by Gasteiger charge is -2.13. The average Bonchev–Trinajstić information content (AvgIpc) is 3.21. The molecule has 30 heavy (non-hydrogen) atoms. The Hall–Kier alpha value is -3.04. The molecule has 0 saturated heterocycles. The van der Waals surface area contributed by atoms with Crippen LogP contribution in [0.4, 0.5) is 18.3 Å². The molecular formula is C21H18F3N5S. The smallest absolute Gasteiger partial charge is 0.359 e. The van der Waals surface area contributed by atoms with E-state index >= 15 is 0 Å². The van der Waals surface area contributed by atoms with Crippen LogP contribution >= 0.6 is 11.3 Å². The van der Waals surface area contributed by atoms with Crippen LogP contribution in [0.1, 0.15) is 11.1 Å². The van der Waals surface area contributed by atoms with Crippen LogP contribution in [0.5, 0.6) is 0 Å². The lowest BCUT2D eigenvalue weighted by Crippen LogP contribution is -2.31. The molecule has 2 heterocycles. The molecule has 4 aromatic rings. The lowest BCUT2D eigenvalue weighted by atomic mass is 10.0. The summed E-state index contributed by atoms with van der Waals surface area (Å²) < 4.78 is 38.5. The number of nitrogens with zero attached hydrogens (tertiary/aromatic N) is 3. The number of alkyl halides is 3. The summed E-state index contributed by atoms with van der Waals surface area (Å²) in [4.78, 5) is 4.10. The van der Waals surface area contributed by atoms with E-state index in [0.717, 1.165) is 33.5 Å². The van der Waals surface area contributed by atoms with Gasteiger partial charge in [0, 0.05) is 35.9 Å². The third kappa shape index (κ3) is 4.74. The van der Waals surface area contributed by atoms with Gasteiger partial charge in [0.15, 0.2) is 0 Å². The quantitative estimate of drug-likeness (QED) is 0.462. The van der Waals surface area contributed by atoms with Crippen molar-refractivity contribution in [3.8, 4) is 10.6 Å². The Morgan fingerprint density at radius 3 is 2.73 bits per heavy atom. The van der Waals surface area contributed by atoms with Gasteiger partial charge < -0.3 is 11.1 Å². The summed E-state index contributed by atoms with van der Waals surface area (Å²) in [7, 11) is 0. The standard InChI is InChI=1S/C21H18F3N5S/c22-21(23,24)17-3-1-2-13(8-17)9-18(25)12-27-20-29-28-19(30-20)15-4-5-16-11-26-7-6-14(16)10-15/h1-8,10-11,18H,9,12,25H2,(H,27,29)/t18-/m0/s1. The zero-order valence-corrected chi connectivity index (χ0v) is 16.5. The summed E-state index contributed by atoms with van der Waals surface area (Å²) in [6, 6.07) is 12.8. The molecule has 9 heteroatoms. The van der Waals surface area contributed by atoms with Gasteiger partial charge >= 0.3 is 6.18 Å². The molecular weight excluding hydrogens is 411 g/mol. The maximum atomic E-state index is 12.8. The molecule has 4 rings (SSSR count). The molecule has 154 valence electrons. The minimum atomic E-state index is -4.36. The third-order valence-corrected chi connectivity index (χ3v) is 5.51. The number of benzene rings is 2.